The normalized spacial score (nSPS) is 20.1. The fourth-order valence-electron chi connectivity index (χ4n) is 3.83. The van der Waals surface area contributed by atoms with E-state index in [4.69, 9.17) is 4.74 Å². The van der Waals surface area contributed by atoms with Gasteiger partial charge in [-0.2, -0.15) is 0 Å². The molecule has 0 N–H and O–H groups in total. The van der Waals surface area contributed by atoms with Crippen LogP contribution >= 0.6 is 11.3 Å². The van der Waals surface area contributed by atoms with Crippen molar-refractivity contribution in [3.63, 3.8) is 0 Å². The maximum atomic E-state index is 14.3. The number of rotatable bonds is 7. The molecular weight excluding hydrogens is 377 g/mol. The first-order chi connectivity index (χ1) is 13.4. The first-order valence-electron chi connectivity index (χ1n) is 9.68. The first-order valence-corrected chi connectivity index (χ1v) is 10.5. The van der Waals surface area contributed by atoms with E-state index >= 15 is 0 Å². The smallest absolute Gasteiger partial charge is 0.313 e. The van der Waals surface area contributed by atoms with Gasteiger partial charge in [-0.1, -0.05) is 18.2 Å². The number of hydrogen-bond donors (Lipinski definition) is 0. The van der Waals surface area contributed by atoms with E-state index in [1.54, 1.807) is 23.5 Å². The van der Waals surface area contributed by atoms with Crippen LogP contribution in [0.25, 0.3) is 0 Å². The summed E-state index contributed by atoms with van der Waals surface area (Å²) in [5, 5.41) is 0.968. The molecule has 0 spiro atoms. The monoisotopic (exact) mass is 405 g/mol. The number of esters is 1. The largest absolute Gasteiger partial charge is 0.466 e. The molecule has 0 aliphatic carbocycles. The number of carbonyl (C=O) groups excluding carboxylic acids is 1. The van der Waals surface area contributed by atoms with Crippen molar-refractivity contribution in [1.29, 1.82) is 0 Å². The number of hydrogen-bond acceptors (Lipinski definition) is 6. The minimum atomic E-state index is -0.717. The fraction of sp³-hybridized carbons (Fsp3) is 0.524. The number of benzene rings is 1. The summed E-state index contributed by atoms with van der Waals surface area (Å²) in [7, 11) is 3.95. The molecular formula is C21H28FN3O2S. The molecule has 1 aliphatic heterocycles. The fourth-order valence-corrected chi connectivity index (χ4v) is 4.71. The molecule has 2 heterocycles. The van der Waals surface area contributed by atoms with Crippen LogP contribution in [0.1, 0.15) is 30.2 Å². The standard InChI is InChI=1S/C21H28FN3O2S/c1-4-27-19(26)21(12-16-8-5-6-9-18(16)22)10-7-11-25(15-21)14-17-13-23-20(28-17)24(2)3/h5-6,8-9,13H,4,7,10-12,14-15H2,1-3H3/t21-/m1/s1. The third-order valence-electron chi connectivity index (χ3n) is 5.15. The Balaban J connectivity index is 1.80. The molecule has 0 amide bonds. The van der Waals surface area contributed by atoms with Gasteiger partial charge in [0.2, 0.25) is 0 Å². The molecule has 5 nitrogen and oxygen atoms in total. The van der Waals surface area contributed by atoms with Crippen molar-refractivity contribution in [3.05, 3.63) is 46.7 Å². The molecule has 1 aliphatic rings. The van der Waals surface area contributed by atoms with E-state index in [-0.39, 0.29) is 11.8 Å². The van der Waals surface area contributed by atoms with Gasteiger partial charge >= 0.3 is 5.97 Å². The molecule has 1 aromatic carbocycles. The van der Waals surface area contributed by atoms with Gasteiger partial charge in [-0.25, -0.2) is 9.37 Å². The van der Waals surface area contributed by atoms with Gasteiger partial charge in [0.05, 0.1) is 12.0 Å². The van der Waals surface area contributed by atoms with Crippen LogP contribution in [-0.2, 0) is 22.5 Å². The predicted molar refractivity (Wildman–Crippen MR) is 110 cm³/mol. The lowest BCUT2D eigenvalue weighted by atomic mass is 9.75. The number of anilines is 1. The highest BCUT2D eigenvalue weighted by Crippen LogP contribution is 2.37. The Morgan fingerprint density at radius 1 is 1.39 bits per heavy atom. The van der Waals surface area contributed by atoms with Gasteiger partial charge in [-0.15, -0.1) is 11.3 Å². The number of piperidine rings is 1. The summed E-state index contributed by atoms with van der Waals surface area (Å²) in [4.78, 5) is 22.8. The SMILES string of the molecule is CCOC(=O)[C@@]1(Cc2ccccc2F)CCCN(Cc2cnc(N(C)C)s2)C1. The Hall–Kier alpha value is -1.99. The minimum Gasteiger partial charge on any atom is -0.466 e. The van der Waals surface area contributed by atoms with E-state index in [9.17, 15) is 9.18 Å². The summed E-state index contributed by atoms with van der Waals surface area (Å²) in [6, 6.07) is 6.71. The zero-order chi connectivity index (χ0) is 20.1. The molecule has 1 saturated heterocycles. The molecule has 1 aromatic heterocycles. The van der Waals surface area contributed by atoms with E-state index < -0.39 is 5.41 Å². The minimum absolute atomic E-state index is 0.221. The summed E-state index contributed by atoms with van der Waals surface area (Å²) >= 11 is 1.66. The highest BCUT2D eigenvalue weighted by Gasteiger charge is 2.44. The first kappa shape index (κ1) is 20.7. The lowest BCUT2D eigenvalue weighted by molar-refractivity contribution is -0.159. The van der Waals surface area contributed by atoms with Crippen LogP contribution in [0.15, 0.2) is 30.5 Å². The van der Waals surface area contributed by atoms with Crippen LogP contribution in [-0.4, -0.2) is 49.6 Å². The third kappa shape index (κ3) is 4.70. The van der Waals surface area contributed by atoms with E-state index in [1.807, 2.05) is 38.2 Å². The zero-order valence-corrected chi connectivity index (χ0v) is 17.6. The molecule has 152 valence electrons. The molecule has 0 saturated carbocycles. The second-order valence-electron chi connectivity index (χ2n) is 7.59. The number of likely N-dealkylation sites (tertiary alicyclic amines) is 1. The van der Waals surface area contributed by atoms with Crippen molar-refractivity contribution in [2.24, 2.45) is 5.41 Å². The van der Waals surface area contributed by atoms with E-state index in [0.717, 1.165) is 29.5 Å². The summed E-state index contributed by atoms with van der Waals surface area (Å²) in [6.45, 7) is 4.36. The van der Waals surface area contributed by atoms with Gasteiger partial charge < -0.3 is 9.64 Å². The second kappa shape index (κ2) is 9.01. The Morgan fingerprint density at radius 3 is 2.86 bits per heavy atom. The highest BCUT2D eigenvalue weighted by atomic mass is 32.1. The molecule has 1 fully saturated rings. The van der Waals surface area contributed by atoms with Crippen LogP contribution < -0.4 is 4.90 Å². The maximum absolute atomic E-state index is 14.3. The lowest BCUT2D eigenvalue weighted by Crippen LogP contribution is -2.49. The third-order valence-corrected chi connectivity index (χ3v) is 6.30. The van der Waals surface area contributed by atoms with Crippen molar-refractivity contribution >= 4 is 22.4 Å². The summed E-state index contributed by atoms with van der Waals surface area (Å²) in [5.41, 5.74) is -0.143. The van der Waals surface area contributed by atoms with Gasteiger partial charge in [0, 0.05) is 38.3 Å². The van der Waals surface area contributed by atoms with Crippen molar-refractivity contribution in [3.8, 4) is 0 Å². The number of carbonyl (C=O) groups is 1. The quantitative estimate of drug-likeness (QED) is 0.657. The van der Waals surface area contributed by atoms with Crippen LogP contribution in [0.3, 0.4) is 0 Å². The van der Waals surface area contributed by atoms with Crippen molar-refractivity contribution < 1.29 is 13.9 Å². The van der Waals surface area contributed by atoms with E-state index in [0.29, 0.717) is 31.6 Å². The van der Waals surface area contributed by atoms with E-state index in [2.05, 4.69) is 9.88 Å². The van der Waals surface area contributed by atoms with Crippen LogP contribution in [0.2, 0.25) is 0 Å². The van der Waals surface area contributed by atoms with Gasteiger partial charge in [0.25, 0.3) is 0 Å². The van der Waals surface area contributed by atoms with Gasteiger partial charge in [0.15, 0.2) is 5.13 Å². The molecule has 3 rings (SSSR count). The van der Waals surface area contributed by atoms with Crippen molar-refractivity contribution in [2.45, 2.75) is 32.7 Å². The highest BCUT2D eigenvalue weighted by molar-refractivity contribution is 7.15. The topological polar surface area (TPSA) is 45.7 Å². The number of aromatic nitrogens is 1. The number of nitrogens with zero attached hydrogens (tertiary/aromatic N) is 3. The molecule has 7 heteroatoms. The predicted octanol–water partition coefficient (Wildman–Crippen LogP) is 3.74. The Morgan fingerprint density at radius 2 is 2.18 bits per heavy atom. The van der Waals surface area contributed by atoms with Crippen molar-refractivity contribution in [2.75, 3.05) is 38.7 Å². The Bertz CT molecular complexity index is 810. The molecule has 0 bridgehead atoms. The molecule has 2 aromatic rings. The molecule has 0 unspecified atom stereocenters. The Labute approximate surface area is 170 Å². The molecule has 1 atom stereocenters. The van der Waals surface area contributed by atoms with Crippen LogP contribution in [0.5, 0.6) is 0 Å². The average molecular weight is 406 g/mol. The van der Waals surface area contributed by atoms with Crippen LogP contribution in [0.4, 0.5) is 9.52 Å². The summed E-state index contributed by atoms with van der Waals surface area (Å²) in [5.74, 6) is -0.484. The van der Waals surface area contributed by atoms with Gasteiger partial charge in [-0.05, 0) is 44.4 Å². The summed E-state index contributed by atoms with van der Waals surface area (Å²) in [6.07, 6.45) is 3.85. The second-order valence-corrected chi connectivity index (χ2v) is 8.68. The van der Waals surface area contributed by atoms with E-state index in [1.165, 1.54) is 6.07 Å². The molecule has 28 heavy (non-hydrogen) atoms. The lowest BCUT2D eigenvalue weighted by Gasteiger charge is -2.41. The zero-order valence-electron chi connectivity index (χ0n) is 16.8. The number of ether oxygens (including phenoxy) is 1. The average Bonchev–Trinajstić information content (AvgIpc) is 3.13. The molecule has 0 radical (unpaired) electrons. The van der Waals surface area contributed by atoms with Gasteiger partial charge in [-0.3, -0.25) is 9.69 Å². The van der Waals surface area contributed by atoms with Crippen molar-refractivity contribution in [1.82, 2.24) is 9.88 Å². The summed E-state index contributed by atoms with van der Waals surface area (Å²) < 4.78 is 19.7. The van der Waals surface area contributed by atoms with Gasteiger partial charge in [0.1, 0.15) is 5.82 Å². The Kier molecular flexibility index (Phi) is 6.67. The maximum Gasteiger partial charge on any atom is 0.313 e. The number of halogens is 1. The number of thiazole rings is 1. The van der Waals surface area contributed by atoms with Crippen LogP contribution in [0, 0.1) is 11.2 Å².